The molecule has 0 fully saturated rings. The highest BCUT2D eigenvalue weighted by molar-refractivity contribution is 7.12. The fraction of sp³-hybridized carbons (Fsp3) is 0.353. The summed E-state index contributed by atoms with van der Waals surface area (Å²) < 4.78 is 0. The number of hydrogen-bond donors (Lipinski definition) is 1. The summed E-state index contributed by atoms with van der Waals surface area (Å²) in [5, 5.41) is 8.71. The molecule has 0 unspecified atom stereocenters. The predicted molar refractivity (Wildman–Crippen MR) is 87.2 cm³/mol. The van der Waals surface area contributed by atoms with Gasteiger partial charge in [0.2, 0.25) is 0 Å². The molecule has 2 aromatic heterocycles. The van der Waals surface area contributed by atoms with Crippen molar-refractivity contribution in [3.63, 3.8) is 0 Å². The van der Waals surface area contributed by atoms with E-state index in [0.717, 1.165) is 30.1 Å². The highest BCUT2D eigenvalue weighted by Gasteiger charge is 2.04. The minimum atomic E-state index is 0.126. The van der Waals surface area contributed by atoms with Gasteiger partial charge in [0, 0.05) is 42.7 Å². The first-order valence-electron chi connectivity index (χ1n) is 7.05. The smallest absolute Gasteiger partial charge is 0.0771 e. The lowest BCUT2D eigenvalue weighted by molar-refractivity contribution is 0.305. The van der Waals surface area contributed by atoms with Crippen LogP contribution in [0.15, 0.2) is 36.5 Å². The van der Waals surface area contributed by atoms with E-state index in [1.165, 1.54) is 4.88 Å². The van der Waals surface area contributed by atoms with Gasteiger partial charge < -0.3 is 10.0 Å². The van der Waals surface area contributed by atoms with Gasteiger partial charge in [-0.3, -0.25) is 4.98 Å². The van der Waals surface area contributed by atoms with E-state index >= 15 is 0 Å². The van der Waals surface area contributed by atoms with Gasteiger partial charge in [0.25, 0.3) is 0 Å². The Morgan fingerprint density at radius 3 is 2.95 bits per heavy atom. The molecule has 0 aliphatic heterocycles. The number of pyridine rings is 1. The topological polar surface area (TPSA) is 36.4 Å². The van der Waals surface area contributed by atoms with Gasteiger partial charge in [0.05, 0.1) is 11.5 Å². The minimum absolute atomic E-state index is 0.126. The zero-order valence-corrected chi connectivity index (χ0v) is 13.1. The van der Waals surface area contributed by atoms with Gasteiger partial charge in [-0.05, 0) is 31.3 Å². The molecule has 0 atom stereocenters. The molecule has 2 aromatic rings. The third kappa shape index (κ3) is 5.68. The number of nitrogens with zero attached hydrogens (tertiary/aromatic N) is 2. The van der Waals surface area contributed by atoms with Crippen LogP contribution in [0.5, 0.6) is 0 Å². The summed E-state index contributed by atoms with van der Waals surface area (Å²) in [6.45, 7) is 2.04. The van der Waals surface area contributed by atoms with Crippen LogP contribution in [0, 0.1) is 11.8 Å². The average Bonchev–Trinajstić information content (AvgIpc) is 2.94. The third-order valence-electron chi connectivity index (χ3n) is 3.01. The Balaban J connectivity index is 1.80. The highest BCUT2D eigenvalue weighted by atomic mass is 32.1. The normalized spacial score (nSPS) is 10.4. The number of hydrogen-bond acceptors (Lipinski definition) is 4. The van der Waals surface area contributed by atoms with E-state index in [0.29, 0.717) is 6.42 Å². The van der Waals surface area contributed by atoms with Crippen LogP contribution >= 0.6 is 11.3 Å². The van der Waals surface area contributed by atoms with E-state index in [2.05, 4.69) is 47.0 Å². The van der Waals surface area contributed by atoms with Crippen LogP contribution in [0.25, 0.3) is 0 Å². The van der Waals surface area contributed by atoms with Crippen LogP contribution < -0.4 is 0 Å². The first-order chi connectivity index (χ1) is 10.3. The Morgan fingerprint density at radius 2 is 2.19 bits per heavy atom. The summed E-state index contributed by atoms with van der Waals surface area (Å²) in [6, 6.07) is 10.2. The number of rotatable bonds is 6. The van der Waals surface area contributed by atoms with E-state index in [4.69, 9.17) is 5.11 Å². The molecule has 2 rings (SSSR count). The summed E-state index contributed by atoms with van der Waals surface area (Å²) in [5.74, 6) is 6.03. The average molecular weight is 300 g/mol. The van der Waals surface area contributed by atoms with Crippen molar-refractivity contribution in [3.8, 4) is 11.8 Å². The van der Waals surface area contributed by atoms with Gasteiger partial charge in [-0.2, -0.15) is 0 Å². The van der Waals surface area contributed by atoms with Gasteiger partial charge in [0.15, 0.2) is 0 Å². The number of thiophene rings is 1. The number of aliphatic hydroxyl groups excluding tert-OH is 1. The Morgan fingerprint density at radius 1 is 1.29 bits per heavy atom. The molecule has 21 heavy (non-hydrogen) atoms. The van der Waals surface area contributed by atoms with Crippen molar-refractivity contribution in [3.05, 3.63) is 52.0 Å². The molecule has 1 N–H and O–H groups in total. The maximum absolute atomic E-state index is 8.71. The standard InChI is InChI=1S/C17H20N2OS/c1-19(12-10-15-6-2-4-11-18-15)14-17-9-8-16(21-17)7-3-5-13-20/h2,4,6,8-9,11,20H,5,10,12-14H2,1H3. The Hall–Kier alpha value is -1.67. The number of aliphatic hydroxyl groups is 1. The largest absolute Gasteiger partial charge is 0.395 e. The van der Waals surface area contributed by atoms with Crippen molar-refractivity contribution >= 4 is 11.3 Å². The van der Waals surface area contributed by atoms with E-state index in [-0.39, 0.29) is 6.61 Å². The third-order valence-corrected chi connectivity index (χ3v) is 4.00. The summed E-state index contributed by atoms with van der Waals surface area (Å²) in [4.78, 5) is 9.02. The lowest BCUT2D eigenvalue weighted by Crippen LogP contribution is -2.20. The van der Waals surface area contributed by atoms with Crippen LogP contribution in [-0.4, -0.2) is 35.2 Å². The van der Waals surface area contributed by atoms with Gasteiger partial charge in [-0.15, -0.1) is 11.3 Å². The van der Waals surface area contributed by atoms with Gasteiger partial charge >= 0.3 is 0 Å². The first kappa shape index (κ1) is 15.7. The lowest BCUT2D eigenvalue weighted by Gasteiger charge is -2.14. The molecule has 0 spiro atoms. The SMILES string of the molecule is CN(CCc1ccccn1)Cc1ccc(C#CCCO)s1. The second-order valence-electron chi connectivity index (χ2n) is 4.85. The van der Waals surface area contributed by atoms with Crippen molar-refractivity contribution in [1.29, 1.82) is 0 Å². The fourth-order valence-electron chi connectivity index (χ4n) is 1.93. The number of likely N-dealkylation sites (N-methyl/N-ethyl adjacent to an activating group) is 1. The Bertz CT molecular complexity index is 598. The molecule has 0 amide bonds. The van der Waals surface area contributed by atoms with Crippen molar-refractivity contribution in [2.45, 2.75) is 19.4 Å². The zero-order chi connectivity index (χ0) is 14.9. The molecular weight excluding hydrogens is 280 g/mol. The van der Waals surface area contributed by atoms with Crippen LogP contribution in [0.1, 0.15) is 21.9 Å². The van der Waals surface area contributed by atoms with Gasteiger partial charge in [0.1, 0.15) is 0 Å². The summed E-state index contributed by atoms with van der Waals surface area (Å²) in [5.41, 5.74) is 1.13. The molecule has 110 valence electrons. The Kier molecular flexibility index (Phi) is 6.42. The fourth-order valence-corrected chi connectivity index (χ4v) is 2.89. The minimum Gasteiger partial charge on any atom is -0.395 e. The molecule has 0 saturated carbocycles. The molecule has 0 bridgehead atoms. The van der Waals surface area contributed by atoms with Crippen LogP contribution in [0.4, 0.5) is 0 Å². The second kappa shape index (κ2) is 8.58. The summed E-state index contributed by atoms with van der Waals surface area (Å²) in [7, 11) is 2.12. The molecule has 0 aliphatic rings. The highest BCUT2D eigenvalue weighted by Crippen LogP contribution is 2.17. The molecule has 0 saturated heterocycles. The van der Waals surface area contributed by atoms with E-state index < -0.39 is 0 Å². The summed E-state index contributed by atoms with van der Waals surface area (Å²) in [6.07, 6.45) is 3.34. The Labute approximate surface area is 130 Å². The second-order valence-corrected chi connectivity index (χ2v) is 6.02. The van der Waals surface area contributed by atoms with Crippen molar-refractivity contribution < 1.29 is 5.11 Å². The molecule has 2 heterocycles. The van der Waals surface area contributed by atoms with Gasteiger partial charge in [-0.25, -0.2) is 0 Å². The molecule has 0 aliphatic carbocycles. The molecule has 4 heteroatoms. The van der Waals surface area contributed by atoms with Crippen LogP contribution in [0.2, 0.25) is 0 Å². The lowest BCUT2D eigenvalue weighted by atomic mass is 10.2. The number of aromatic nitrogens is 1. The maximum Gasteiger partial charge on any atom is 0.0771 e. The first-order valence-corrected chi connectivity index (χ1v) is 7.86. The van der Waals surface area contributed by atoms with Crippen molar-refractivity contribution in [1.82, 2.24) is 9.88 Å². The van der Waals surface area contributed by atoms with Crippen molar-refractivity contribution in [2.75, 3.05) is 20.2 Å². The molecule has 0 radical (unpaired) electrons. The predicted octanol–water partition coefficient (Wildman–Crippen LogP) is 2.55. The molecule has 3 nitrogen and oxygen atoms in total. The van der Waals surface area contributed by atoms with Crippen LogP contribution in [0.3, 0.4) is 0 Å². The van der Waals surface area contributed by atoms with Gasteiger partial charge in [-0.1, -0.05) is 17.9 Å². The van der Waals surface area contributed by atoms with E-state index in [1.807, 2.05) is 18.3 Å². The monoisotopic (exact) mass is 300 g/mol. The zero-order valence-electron chi connectivity index (χ0n) is 12.2. The van der Waals surface area contributed by atoms with E-state index in [1.54, 1.807) is 11.3 Å². The molecule has 0 aromatic carbocycles. The maximum atomic E-state index is 8.71. The molecular formula is C17H20N2OS. The quantitative estimate of drug-likeness (QED) is 0.833. The van der Waals surface area contributed by atoms with Crippen molar-refractivity contribution in [2.24, 2.45) is 0 Å². The van der Waals surface area contributed by atoms with E-state index in [9.17, 15) is 0 Å². The summed E-state index contributed by atoms with van der Waals surface area (Å²) >= 11 is 1.72. The van der Waals surface area contributed by atoms with Crippen LogP contribution in [-0.2, 0) is 13.0 Å².